The number of unbranched alkanes of at least 4 members (excludes halogenated alkanes) is 1. The van der Waals surface area contributed by atoms with Crippen molar-refractivity contribution in [2.75, 3.05) is 6.61 Å². The molecule has 0 amide bonds. The van der Waals surface area contributed by atoms with E-state index in [-0.39, 0.29) is 21.1 Å². The Bertz CT molecular complexity index is 1060. The molecule has 0 saturated heterocycles. The molecule has 10 heteroatoms. The molecular formula is C24H24F4O4S2. The molecule has 1 N–H and O–H groups in total. The zero-order valence-electron chi connectivity index (χ0n) is 18.0. The fourth-order valence-electron chi connectivity index (χ4n) is 3.33. The molecule has 184 valence electrons. The van der Waals surface area contributed by atoms with Crippen molar-refractivity contribution in [1.29, 1.82) is 0 Å². The van der Waals surface area contributed by atoms with Crippen molar-refractivity contribution in [2.45, 2.75) is 45.1 Å². The molecule has 0 saturated carbocycles. The lowest BCUT2D eigenvalue weighted by atomic mass is 10.1. The van der Waals surface area contributed by atoms with Crippen LogP contribution in [0.1, 0.15) is 19.3 Å². The SMILES string of the molecule is O=S(=O)(OS(c1ccccc1)(c1ccccc1)c1ccccc1)C(F)(F)C(F)(F)CCCCO. The molecule has 3 aromatic rings. The average Bonchev–Trinajstić information content (AvgIpc) is 2.84. The van der Waals surface area contributed by atoms with Gasteiger partial charge in [0.05, 0.1) is 0 Å². The third kappa shape index (κ3) is 5.00. The number of aliphatic hydroxyl groups is 1. The van der Waals surface area contributed by atoms with Crippen LogP contribution in [-0.2, 0) is 13.7 Å². The molecule has 0 aliphatic heterocycles. The molecule has 34 heavy (non-hydrogen) atoms. The van der Waals surface area contributed by atoms with Gasteiger partial charge in [-0.25, -0.2) is 3.63 Å². The largest absolute Gasteiger partial charge is 0.432 e. The molecule has 0 unspecified atom stereocenters. The summed E-state index contributed by atoms with van der Waals surface area (Å²) >= 11 is 0. The van der Waals surface area contributed by atoms with Gasteiger partial charge in [-0.2, -0.15) is 26.0 Å². The van der Waals surface area contributed by atoms with E-state index in [4.69, 9.17) is 8.74 Å². The van der Waals surface area contributed by atoms with Crippen molar-refractivity contribution < 1.29 is 34.7 Å². The average molecular weight is 517 g/mol. The van der Waals surface area contributed by atoms with E-state index in [1.165, 1.54) is 36.4 Å². The van der Waals surface area contributed by atoms with Crippen LogP contribution in [-0.4, -0.2) is 31.3 Å². The summed E-state index contributed by atoms with van der Waals surface area (Å²) in [5.41, 5.74) is 0. The summed E-state index contributed by atoms with van der Waals surface area (Å²) in [6, 6.07) is 23.6. The van der Waals surface area contributed by atoms with E-state index in [0.717, 1.165) is 0 Å². The van der Waals surface area contributed by atoms with Gasteiger partial charge in [0.15, 0.2) is 0 Å². The zero-order valence-corrected chi connectivity index (χ0v) is 19.6. The van der Waals surface area contributed by atoms with E-state index in [9.17, 15) is 26.0 Å². The number of alkyl halides is 4. The molecule has 0 aliphatic carbocycles. The first kappa shape index (κ1) is 26.2. The van der Waals surface area contributed by atoms with E-state index in [0.29, 0.717) is 0 Å². The number of hydrogen-bond acceptors (Lipinski definition) is 4. The van der Waals surface area contributed by atoms with Gasteiger partial charge >= 0.3 is 21.3 Å². The van der Waals surface area contributed by atoms with Gasteiger partial charge in [0.25, 0.3) is 0 Å². The van der Waals surface area contributed by atoms with Crippen LogP contribution in [0.4, 0.5) is 17.6 Å². The minimum Gasteiger partial charge on any atom is -0.396 e. The Hall–Kier alpha value is -2.40. The minimum absolute atomic E-state index is 0.167. The summed E-state index contributed by atoms with van der Waals surface area (Å²) in [6.45, 7) is -0.478. The van der Waals surface area contributed by atoms with E-state index in [1.807, 2.05) is 0 Å². The van der Waals surface area contributed by atoms with Crippen LogP contribution in [0.25, 0.3) is 0 Å². The molecule has 0 aromatic heterocycles. The van der Waals surface area contributed by atoms with Gasteiger partial charge in [0.1, 0.15) is 0 Å². The van der Waals surface area contributed by atoms with Crippen LogP contribution in [0.3, 0.4) is 0 Å². The highest BCUT2D eigenvalue weighted by molar-refractivity contribution is 8.33. The van der Waals surface area contributed by atoms with Gasteiger partial charge in [0.2, 0.25) is 0 Å². The van der Waals surface area contributed by atoms with E-state index in [1.54, 1.807) is 54.6 Å². The van der Waals surface area contributed by atoms with Crippen LogP contribution in [0.5, 0.6) is 0 Å². The Morgan fingerprint density at radius 1 is 0.676 bits per heavy atom. The van der Waals surface area contributed by atoms with Gasteiger partial charge < -0.3 is 5.11 Å². The summed E-state index contributed by atoms with van der Waals surface area (Å²) in [4.78, 5) is 0.737. The maximum absolute atomic E-state index is 15.0. The smallest absolute Gasteiger partial charge is 0.396 e. The topological polar surface area (TPSA) is 63.6 Å². The fourth-order valence-corrected chi connectivity index (χ4v) is 8.59. The monoisotopic (exact) mass is 516 g/mol. The van der Waals surface area contributed by atoms with Gasteiger partial charge in [-0.1, -0.05) is 54.6 Å². The third-order valence-corrected chi connectivity index (χ3v) is 10.3. The molecule has 0 radical (unpaired) electrons. The third-order valence-electron chi connectivity index (χ3n) is 5.06. The van der Waals surface area contributed by atoms with E-state index >= 15 is 0 Å². The Morgan fingerprint density at radius 3 is 1.41 bits per heavy atom. The first-order chi connectivity index (χ1) is 16.1. The first-order valence-electron chi connectivity index (χ1n) is 10.4. The second-order valence-electron chi connectivity index (χ2n) is 7.42. The first-order valence-corrected chi connectivity index (χ1v) is 13.4. The maximum Gasteiger partial charge on any atom is 0.432 e. The summed E-state index contributed by atoms with van der Waals surface area (Å²) in [5, 5.41) is 3.28. The van der Waals surface area contributed by atoms with Crippen molar-refractivity contribution in [3.05, 3.63) is 91.0 Å². The number of hydrogen-bond donors (Lipinski definition) is 1. The van der Waals surface area contributed by atoms with Crippen LogP contribution in [0.2, 0.25) is 0 Å². The molecule has 4 nitrogen and oxygen atoms in total. The summed E-state index contributed by atoms with van der Waals surface area (Å²) in [5.74, 6) is -4.91. The van der Waals surface area contributed by atoms with E-state index < -0.39 is 51.1 Å². The Balaban J connectivity index is 2.22. The minimum atomic E-state index is -6.17. The number of halogens is 4. The van der Waals surface area contributed by atoms with Crippen molar-refractivity contribution in [3.8, 4) is 0 Å². The molecule has 0 aliphatic rings. The van der Waals surface area contributed by atoms with Crippen molar-refractivity contribution in [1.82, 2.24) is 0 Å². The van der Waals surface area contributed by atoms with Crippen molar-refractivity contribution in [2.24, 2.45) is 0 Å². The summed E-state index contributed by atoms with van der Waals surface area (Å²) in [7, 11) is -9.57. The summed E-state index contributed by atoms with van der Waals surface area (Å²) < 4.78 is 90.3. The Kier molecular flexibility index (Phi) is 8.07. The lowest BCUT2D eigenvalue weighted by Gasteiger charge is -2.40. The highest BCUT2D eigenvalue weighted by atomic mass is 32.3. The predicted octanol–water partition coefficient (Wildman–Crippen LogP) is 6.62. The normalized spacial score (nSPS) is 13.6. The lowest BCUT2D eigenvalue weighted by molar-refractivity contribution is -0.164. The molecular weight excluding hydrogens is 492 g/mol. The summed E-state index contributed by atoms with van der Waals surface area (Å²) in [6.07, 6.45) is -2.07. The zero-order chi connectivity index (χ0) is 24.9. The van der Waals surface area contributed by atoms with Crippen LogP contribution < -0.4 is 0 Å². The molecule has 0 spiro atoms. The highest BCUT2D eigenvalue weighted by Crippen LogP contribution is 2.70. The van der Waals surface area contributed by atoms with Crippen molar-refractivity contribution in [3.63, 3.8) is 0 Å². The van der Waals surface area contributed by atoms with Crippen LogP contribution >= 0.6 is 10.3 Å². The quantitative estimate of drug-likeness (QED) is 0.230. The molecule has 0 bridgehead atoms. The lowest BCUT2D eigenvalue weighted by Crippen LogP contribution is -2.48. The van der Waals surface area contributed by atoms with Crippen LogP contribution in [0, 0.1) is 0 Å². The van der Waals surface area contributed by atoms with E-state index in [2.05, 4.69) is 0 Å². The Morgan fingerprint density at radius 2 is 1.06 bits per heavy atom. The maximum atomic E-state index is 15.0. The Labute approximate surface area is 197 Å². The molecule has 3 aromatic carbocycles. The molecule has 0 fully saturated rings. The van der Waals surface area contributed by atoms with Gasteiger partial charge in [-0.05, 0) is 59.5 Å². The van der Waals surface area contributed by atoms with Crippen molar-refractivity contribution >= 4 is 20.4 Å². The second-order valence-corrected chi connectivity index (χ2v) is 11.9. The molecule has 0 atom stereocenters. The second kappa shape index (κ2) is 10.5. The molecule has 0 heterocycles. The number of rotatable bonds is 11. The van der Waals surface area contributed by atoms with Gasteiger partial charge in [-0.15, -0.1) is 0 Å². The van der Waals surface area contributed by atoms with Gasteiger partial charge in [-0.3, -0.25) is 0 Å². The number of benzene rings is 3. The van der Waals surface area contributed by atoms with Crippen LogP contribution in [0.15, 0.2) is 106 Å². The highest BCUT2D eigenvalue weighted by Gasteiger charge is 2.67. The number of aliphatic hydroxyl groups excluding tert-OH is 1. The predicted molar refractivity (Wildman–Crippen MR) is 123 cm³/mol. The fraction of sp³-hybridized carbons (Fsp3) is 0.250. The standard InChI is InChI=1S/C24H24F4O4S2/c25-23(26,18-10-11-19-29)24(27,28)34(30,31)32-33(20-12-4-1-5-13-20,21-14-6-2-7-15-21)22-16-8-3-9-17-22/h1-9,12-17,29H,10-11,18-19H2. The van der Waals surface area contributed by atoms with Gasteiger partial charge in [0, 0.05) is 27.7 Å². The molecule has 3 rings (SSSR count).